The maximum absolute atomic E-state index is 5.81. The number of hydrogen-bond donors (Lipinski definition) is 2. The summed E-state index contributed by atoms with van der Waals surface area (Å²) in [6, 6.07) is 9.87. The molecule has 1 saturated heterocycles. The van der Waals surface area contributed by atoms with Gasteiger partial charge in [0.15, 0.2) is 5.96 Å². The Morgan fingerprint density at radius 2 is 1.94 bits per heavy atom. The Morgan fingerprint density at radius 1 is 1.24 bits per heavy atom. The van der Waals surface area contributed by atoms with Gasteiger partial charge in [-0.3, -0.25) is 4.99 Å². The van der Waals surface area contributed by atoms with Crippen LogP contribution in [0.1, 0.15) is 12.8 Å². The highest BCUT2D eigenvalue weighted by atomic mass is 15.2. The van der Waals surface area contributed by atoms with Gasteiger partial charge in [0, 0.05) is 12.2 Å². The number of rotatable bonds is 4. The molecule has 0 bridgehead atoms. The monoisotopic (exact) mass is 232 g/mol. The third kappa shape index (κ3) is 4.07. The number of nitrogens with one attached hydrogen (secondary N) is 1. The van der Waals surface area contributed by atoms with Gasteiger partial charge in [-0.1, -0.05) is 18.2 Å². The summed E-state index contributed by atoms with van der Waals surface area (Å²) in [7, 11) is 0. The summed E-state index contributed by atoms with van der Waals surface area (Å²) in [5, 5.41) is 3.08. The first-order chi connectivity index (χ1) is 8.34. The minimum Gasteiger partial charge on any atom is -0.370 e. The molecule has 3 N–H and O–H groups in total. The Labute approximate surface area is 103 Å². The van der Waals surface area contributed by atoms with Crippen molar-refractivity contribution < 1.29 is 0 Å². The number of nitrogens with zero attached hydrogens (tertiary/aromatic N) is 2. The normalized spacial score (nSPS) is 17.3. The van der Waals surface area contributed by atoms with Crippen molar-refractivity contribution in [2.24, 2.45) is 10.7 Å². The third-order valence-corrected chi connectivity index (χ3v) is 2.94. The van der Waals surface area contributed by atoms with Gasteiger partial charge in [0.05, 0.1) is 6.54 Å². The number of nitrogens with two attached hydrogens (primary N) is 1. The van der Waals surface area contributed by atoms with Gasteiger partial charge < -0.3 is 16.0 Å². The number of hydrogen-bond acceptors (Lipinski definition) is 2. The van der Waals surface area contributed by atoms with Crippen molar-refractivity contribution in [2.45, 2.75) is 12.8 Å². The molecule has 4 nitrogen and oxygen atoms in total. The number of para-hydroxylation sites is 1. The predicted octanol–water partition coefficient (Wildman–Crippen LogP) is 1.51. The van der Waals surface area contributed by atoms with Crippen LogP contribution in [0.4, 0.5) is 5.69 Å². The van der Waals surface area contributed by atoms with Crippen molar-refractivity contribution in [3.05, 3.63) is 30.3 Å². The van der Waals surface area contributed by atoms with Crippen molar-refractivity contribution in [1.82, 2.24) is 4.90 Å². The molecule has 92 valence electrons. The van der Waals surface area contributed by atoms with Crippen LogP contribution >= 0.6 is 0 Å². The molecule has 0 atom stereocenters. The summed E-state index contributed by atoms with van der Waals surface area (Å²) in [6.07, 6.45) is 2.64. The van der Waals surface area contributed by atoms with Gasteiger partial charge in [0.2, 0.25) is 0 Å². The first kappa shape index (κ1) is 11.9. The van der Waals surface area contributed by atoms with E-state index in [-0.39, 0.29) is 0 Å². The maximum Gasteiger partial charge on any atom is 0.193 e. The molecule has 0 amide bonds. The van der Waals surface area contributed by atoms with E-state index in [1.807, 2.05) is 30.3 Å². The molecule has 1 heterocycles. The van der Waals surface area contributed by atoms with Crippen molar-refractivity contribution in [3.8, 4) is 0 Å². The maximum atomic E-state index is 5.81. The van der Waals surface area contributed by atoms with Crippen LogP contribution in [0.15, 0.2) is 35.3 Å². The lowest BCUT2D eigenvalue weighted by Gasteiger charge is -2.12. The van der Waals surface area contributed by atoms with E-state index in [2.05, 4.69) is 15.2 Å². The van der Waals surface area contributed by atoms with E-state index in [1.54, 1.807) is 0 Å². The summed E-state index contributed by atoms with van der Waals surface area (Å²) in [4.78, 5) is 6.75. The SMILES string of the molecule is NC(=NCCN1CCCC1)Nc1ccccc1. The summed E-state index contributed by atoms with van der Waals surface area (Å²) in [5.41, 5.74) is 6.79. The van der Waals surface area contributed by atoms with Crippen molar-refractivity contribution in [3.63, 3.8) is 0 Å². The van der Waals surface area contributed by atoms with Crippen molar-refractivity contribution in [2.75, 3.05) is 31.5 Å². The lowest BCUT2D eigenvalue weighted by Crippen LogP contribution is -2.26. The molecule has 2 rings (SSSR count). The van der Waals surface area contributed by atoms with Crippen LogP contribution in [0, 0.1) is 0 Å². The lowest BCUT2D eigenvalue weighted by atomic mass is 10.3. The van der Waals surface area contributed by atoms with Gasteiger partial charge >= 0.3 is 0 Å². The van der Waals surface area contributed by atoms with Gasteiger partial charge in [0.25, 0.3) is 0 Å². The third-order valence-electron chi connectivity index (χ3n) is 2.94. The Balaban J connectivity index is 1.73. The number of guanidine groups is 1. The molecule has 0 aromatic heterocycles. The van der Waals surface area contributed by atoms with E-state index < -0.39 is 0 Å². The molecule has 0 spiro atoms. The van der Waals surface area contributed by atoms with Crippen LogP contribution in [0.2, 0.25) is 0 Å². The summed E-state index contributed by atoms with van der Waals surface area (Å²) in [6.45, 7) is 4.20. The van der Waals surface area contributed by atoms with E-state index in [9.17, 15) is 0 Å². The van der Waals surface area contributed by atoms with E-state index in [0.29, 0.717) is 5.96 Å². The molecule has 1 aromatic carbocycles. The zero-order valence-corrected chi connectivity index (χ0v) is 10.1. The van der Waals surface area contributed by atoms with Crippen LogP contribution < -0.4 is 11.1 Å². The smallest absolute Gasteiger partial charge is 0.193 e. The molecule has 1 fully saturated rings. The Hall–Kier alpha value is -1.55. The highest BCUT2D eigenvalue weighted by Gasteiger charge is 2.09. The summed E-state index contributed by atoms with van der Waals surface area (Å²) in [5.74, 6) is 0.496. The molecule has 1 aliphatic rings. The molecule has 0 saturated carbocycles. The van der Waals surface area contributed by atoms with Crippen molar-refractivity contribution in [1.29, 1.82) is 0 Å². The van der Waals surface area contributed by atoms with Crippen LogP contribution in [-0.2, 0) is 0 Å². The fraction of sp³-hybridized carbons (Fsp3) is 0.462. The number of benzene rings is 1. The quantitative estimate of drug-likeness (QED) is 0.611. The zero-order valence-electron chi connectivity index (χ0n) is 10.1. The lowest BCUT2D eigenvalue weighted by molar-refractivity contribution is 0.349. The van der Waals surface area contributed by atoms with E-state index in [0.717, 1.165) is 18.8 Å². The molecule has 4 heteroatoms. The van der Waals surface area contributed by atoms with Gasteiger partial charge in [0.1, 0.15) is 0 Å². The topological polar surface area (TPSA) is 53.6 Å². The minimum absolute atomic E-state index is 0.496. The Morgan fingerprint density at radius 3 is 2.65 bits per heavy atom. The number of likely N-dealkylation sites (tertiary alicyclic amines) is 1. The average Bonchev–Trinajstić information content (AvgIpc) is 2.83. The van der Waals surface area contributed by atoms with Gasteiger partial charge in [-0.15, -0.1) is 0 Å². The molecule has 0 unspecified atom stereocenters. The zero-order chi connectivity index (χ0) is 11.9. The van der Waals surface area contributed by atoms with E-state index in [4.69, 9.17) is 5.73 Å². The van der Waals surface area contributed by atoms with Gasteiger partial charge in [-0.2, -0.15) is 0 Å². The van der Waals surface area contributed by atoms with Crippen molar-refractivity contribution >= 4 is 11.6 Å². The second-order valence-electron chi connectivity index (χ2n) is 4.31. The Kier molecular flexibility index (Phi) is 4.38. The highest BCUT2D eigenvalue weighted by molar-refractivity contribution is 5.92. The minimum atomic E-state index is 0.496. The second kappa shape index (κ2) is 6.25. The summed E-state index contributed by atoms with van der Waals surface area (Å²) < 4.78 is 0. The number of aliphatic imine (C=N–C) groups is 1. The standard InChI is InChI=1S/C13H20N4/c14-13(16-12-6-2-1-3-7-12)15-8-11-17-9-4-5-10-17/h1-3,6-7H,4-5,8-11H2,(H3,14,15,16). The molecule has 1 aliphatic heterocycles. The molecule has 0 radical (unpaired) electrons. The fourth-order valence-electron chi connectivity index (χ4n) is 2.03. The van der Waals surface area contributed by atoms with Crippen LogP contribution in [0.25, 0.3) is 0 Å². The molecular weight excluding hydrogens is 212 g/mol. The second-order valence-corrected chi connectivity index (χ2v) is 4.31. The first-order valence-corrected chi connectivity index (χ1v) is 6.19. The molecule has 0 aliphatic carbocycles. The van der Waals surface area contributed by atoms with Crippen LogP contribution in [0.3, 0.4) is 0 Å². The largest absolute Gasteiger partial charge is 0.370 e. The van der Waals surface area contributed by atoms with Gasteiger partial charge in [-0.25, -0.2) is 0 Å². The average molecular weight is 232 g/mol. The molecule has 17 heavy (non-hydrogen) atoms. The first-order valence-electron chi connectivity index (χ1n) is 6.19. The Bertz CT molecular complexity index is 355. The van der Waals surface area contributed by atoms with E-state index >= 15 is 0 Å². The van der Waals surface area contributed by atoms with Gasteiger partial charge in [-0.05, 0) is 38.1 Å². The number of anilines is 1. The van der Waals surface area contributed by atoms with Crippen LogP contribution in [0.5, 0.6) is 0 Å². The van der Waals surface area contributed by atoms with E-state index in [1.165, 1.54) is 25.9 Å². The molecular formula is C13H20N4. The van der Waals surface area contributed by atoms with Crippen LogP contribution in [-0.4, -0.2) is 37.0 Å². The molecule has 1 aromatic rings. The summed E-state index contributed by atoms with van der Waals surface area (Å²) >= 11 is 0. The predicted molar refractivity (Wildman–Crippen MR) is 72.2 cm³/mol. The highest BCUT2D eigenvalue weighted by Crippen LogP contribution is 2.06. The fourth-order valence-corrected chi connectivity index (χ4v) is 2.03.